The van der Waals surface area contributed by atoms with Gasteiger partial charge in [-0.1, -0.05) is 0 Å². The lowest BCUT2D eigenvalue weighted by molar-refractivity contribution is -0.124. The maximum absolute atomic E-state index is 13.9. The number of carbonyl (C=O) groups is 1. The van der Waals surface area contributed by atoms with E-state index in [1.54, 1.807) is 23.4 Å². The molecule has 0 aliphatic carbocycles. The van der Waals surface area contributed by atoms with Crippen LogP contribution in [0.5, 0.6) is 0 Å². The summed E-state index contributed by atoms with van der Waals surface area (Å²) in [5.41, 5.74) is 1.73. The smallest absolute Gasteiger partial charge is 0.242 e. The zero-order valence-corrected chi connectivity index (χ0v) is 13.0. The van der Waals surface area contributed by atoms with Gasteiger partial charge in [-0.15, -0.1) is 0 Å². The van der Waals surface area contributed by atoms with E-state index < -0.39 is 5.41 Å². The fraction of sp³-hybridized carbons (Fsp3) is 0.333. The third-order valence-electron chi connectivity index (χ3n) is 5.07. The summed E-state index contributed by atoms with van der Waals surface area (Å²) >= 11 is 0. The third kappa shape index (κ3) is 2.07. The largest absolute Gasteiger partial charge is 0.306 e. The molecule has 1 fully saturated rings. The minimum atomic E-state index is -0.611. The van der Waals surface area contributed by atoms with Gasteiger partial charge < -0.3 is 4.90 Å². The van der Waals surface area contributed by atoms with Crippen molar-refractivity contribution in [1.82, 2.24) is 9.88 Å². The molecule has 118 valence electrons. The van der Waals surface area contributed by atoms with Gasteiger partial charge in [-0.25, -0.2) is 4.39 Å². The Balaban J connectivity index is 1.88. The molecule has 23 heavy (non-hydrogen) atoms. The third-order valence-corrected chi connectivity index (χ3v) is 5.07. The Kier molecular flexibility index (Phi) is 3.20. The summed E-state index contributed by atoms with van der Waals surface area (Å²) in [6.45, 7) is 1.67. The van der Waals surface area contributed by atoms with E-state index in [1.807, 2.05) is 12.1 Å². The van der Waals surface area contributed by atoms with Crippen molar-refractivity contribution in [3.05, 3.63) is 54.1 Å². The topological polar surface area (TPSA) is 36.4 Å². The van der Waals surface area contributed by atoms with Gasteiger partial charge in [-0.05, 0) is 68.9 Å². The summed E-state index contributed by atoms with van der Waals surface area (Å²) < 4.78 is 13.9. The van der Waals surface area contributed by atoms with Gasteiger partial charge in [0.1, 0.15) is 5.82 Å². The van der Waals surface area contributed by atoms with Crippen LogP contribution in [0.25, 0.3) is 0 Å². The van der Waals surface area contributed by atoms with Crippen molar-refractivity contribution >= 4 is 17.3 Å². The van der Waals surface area contributed by atoms with Crippen LogP contribution in [0.4, 0.5) is 15.8 Å². The zero-order chi connectivity index (χ0) is 16.0. The second kappa shape index (κ2) is 5.13. The van der Waals surface area contributed by atoms with Crippen LogP contribution in [0.1, 0.15) is 18.4 Å². The van der Waals surface area contributed by atoms with Crippen molar-refractivity contribution < 1.29 is 9.18 Å². The molecule has 0 atom stereocenters. The lowest BCUT2D eigenvalue weighted by atomic mass is 9.73. The van der Waals surface area contributed by atoms with E-state index in [4.69, 9.17) is 0 Å². The van der Waals surface area contributed by atoms with Crippen LogP contribution >= 0.6 is 0 Å². The number of aromatic nitrogens is 1. The summed E-state index contributed by atoms with van der Waals surface area (Å²) in [4.78, 5) is 21.4. The van der Waals surface area contributed by atoms with Crippen molar-refractivity contribution in [3.63, 3.8) is 0 Å². The second-order valence-corrected chi connectivity index (χ2v) is 6.40. The number of piperidine rings is 1. The molecule has 4 nitrogen and oxygen atoms in total. The van der Waals surface area contributed by atoms with Gasteiger partial charge in [-0.3, -0.25) is 14.7 Å². The number of fused-ring (bicyclic) bond motifs is 2. The number of benzene rings is 1. The van der Waals surface area contributed by atoms with Gasteiger partial charge in [0.25, 0.3) is 0 Å². The highest BCUT2D eigenvalue weighted by Gasteiger charge is 2.52. The summed E-state index contributed by atoms with van der Waals surface area (Å²) in [6, 6.07) is 8.35. The maximum Gasteiger partial charge on any atom is 0.242 e. The molecule has 0 saturated carbocycles. The Morgan fingerprint density at radius 2 is 2.00 bits per heavy atom. The molecule has 1 spiro atoms. The van der Waals surface area contributed by atoms with Gasteiger partial charge in [0.15, 0.2) is 0 Å². The van der Waals surface area contributed by atoms with Crippen LogP contribution in [0.15, 0.2) is 42.7 Å². The zero-order valence-electron chi connectivity index (χ0n) is 13.0. The summed E-state index contributed by atoms with van der Waals surface area (Å²) in [6.07, 6.45) is 4.80. The molecule has 1 amide bonds. The Morgan fingerprint density at radius 1 is 1.22 bits per heavy atom. The van der Waals surface area contributed by atoms with Crippen LogP contribution < -0.4 is 4.90 Å². The molecule has 1 aromatic heterocycles. The SMILES string of the molecule is CN1CCC2(CC1)C(=O)N(c1cccnc1)c1ccc(F)cc12. The van der Waals surface area contributed by atoms with E-state index >= 15 is 0 Å². The molecule has 1 saturated heterocycles. The average Bonchev–Trinajstić information content (AvgIpc) is 2.80. The predicted octanol–water partition coefficient (Wildman–Crippen LogP) is 2.86. The molecule has 2 aliphatic heterocycles. The number of likely N-dealkylation sites (tertiary alicyclic amines) is 1. The molecule has 5 heteroatoms. The van der Waals surface area contributed by atoms with E-state index in [0.29, 0.717) is 0 Å². The lowest BCUT2D eigenvalue weighted by Gasteiger charge is -2.36. The highest BCUT2D eigenvalue weighted by Crippen LogP contribution is 2.50. The van der Waals surface area contributed by atoms with Crippen molar-refractivity contribution in [3.8, 4) is 0 Å². The van der Waals surface area contributed by atoms with Gasteiger partial charge in [0.2, 0.25) is 5.91 Å². The molecule has 1 aromatic carbocycles. The fourth-order valence-electron chi connectivity index (χ4n) is 3.75. The second-order valence-electron chi connectivity index (χ2n) is 6.40. The van der Waals surface area contributed by atoms with Gasteiger partial charge in [-0.2, -0.15) is 0 Å². The van der Waals surface area contributed by atoms with Crippen molar-refractivity contribution in [2.45, 2.75) is 18.3 Å². The van der Waals surface area contributed by atoms with Crippen LogP contribution in [0.2, 0.25) is 0 Å². The first-order chi connectivity index (χ1) is 11.1. The molecular weight excluding hydrogens is 293 g/mol. The highest BCUT2D eigenvalue weighted by atomic mass is 19.1. The number of amides is 1. The summed E-state index contributed by atoms with van der Waals surface area (Å²) in [5, 5.41) is 0. The van der Waals surface area contributed by atoms with E-state index in [-0.39, 0.29) is 11.7 Å². The number of nitrogens with zero attached hydrogens (tertiary/aromatic N) is 3. The first-order valence-corrected chi connectivity index (χ1v) is 7.85. The average molecular weight is 311 g/mol. The predicted molar refractivity (Wildman–Crippen MR) is 86.2 cm³/mol. The Labute approximate surface area is 134 Å². The lowest BCUT2D eigenvalue weighted by Crippen LogP contribution is -2.46. The van der Waals surface area contributed by atoms with Crippen LogP contribution in [-0.4, -0.2) is 35.9 Å². The van der Waals surface area contributed by atoms with Crippen molar-refractivity contribution in [2.24, 2.45) is 0 Å². The number of rotatable bonds is 1. The van der Waals surface area contributed by atoms with Crippen LogP contribution in [0.3, 0.4) is 0 Å². The van der Waals surface area contributed by atoms with E-state index in [0.717, 1.165) is 42.9 Å². The van der Waals surface area contributed by atoms with E-state index in [9.17, 15) is 9.18 Å². The maximum atomic E-state index is 13.9. The van der Waals surface area contributed by atoms with Crippen LogP contribution in [0, 0.1) is 5.82 Å². The molecule has 0 bridgehead atoms. The van der Waals surface area contributed by atoms with Crippen LogP contribution in [-0.2, 0) is 10.2 Å². The number of halogens is 1. The normalized spacial score (nSPS) is 20.1. The monoisotopic (exact) mass is 311 g/mol. The molecular formula is C18H18FN3O. The molecule has 0 unspecified atom stereocenters. The minimum absolute atomic E-state index is 0.0409. The number of anilines is 2. The summed E-state index contributed by atoms with van der Waals surface area (Å²) in [5.74, 6) is -0.248. The minimum Gasteiger partial charge on any atom is -0.306 e. The fourth-order valence-corrected chi connectivity index (χ4v) is 3.75. The molecule has 3 heterocycles. The molecule has 0 radical (unpaired) electrons. The standard InChI is InChI=1S/C18H18FN3O/c1-21-9-6-18(7-10-21)15-11-13(19)4-5-16(15)22(17(18)23)14-3-2-8-20-12-14/h2-5,8,11-12H,6-7,9-10H2,1H3. The molecule has 2 aromatic rings. The summed E-state index contributed by atoms with van der Waals surface area (Å²) in [7, 11) is 2.05. The van der Waals surface area contributed by atoms with Crippen molar-refractivity contribution in [1.29, 1.82) is 0 Å². The Morgan fingerprint density at radius 3 is 2.70 bits per heavy atom. The quantitative estimate of drug-likeness (QED) is 0.812. The van der Waals surface area contributed by atoms with Crippen molar-refractivity contribution in [2.75, 3.05) is 25.0 Å². The van der Waals surface area contributed by atoms with E-state index in [1.165, 1.54) is 12.1 Å². The Bertz CT molecular complexity index is 754. The number of hydrogen-bond acceptors (Lipinski definition) is 3. The molecule has 4 rings (SSSR count). The highest BCUT2D eigenvalue weighted by molar-refractivity contribution is 6.13. The molecule has 0 N–H and O–H groups in total. The van der Waals surface area contributed by atoms with Gasteiger partial charge in [0, 0.05) is 6.20 Å². The first-order valence-electron chi connectivity index (χ1n) is 7.85. The molecule has 2 aliphatic rings. The first kappa shape index (κ1) is 14.3. The Hall–Kier alpha value is -2.27. The number of hydrogen-bond donors (Lipinski definition) is 0. The number of pyridine rings is 1. The van der Waals surface area contributed by atoms with Gasteiger partial charge in [0.05, 0.1) is 23.0 Å². The number of carbonyl (C=O) groups excluding carboxylic acids is 1. The van der Waals surface area contributed by atoms with Gasteiger partial charge >= 0.3 is 0 Å². The van der Waals surface area contributed by atoms with E-state index in [2.05, 4.69) is 16.9 Å².